The fourth-order valence-corrected chi connectivity index (χ4v) is 2.25. The molecule has 0 spiro atoms. The van der Waals surface area contributed by atoms with Crippen molar-refractivity contribution < 1.29 is 0 Å². The molecule has 1 aliphatic rings. The van der Waals surface area contributed by atoms with Gasteiger partial charge in [-0.3, -0.25) is 10.3 Å². The molecule has 0 aliphatic carbocycles. The van der Waals surface area contributed by atoms with E-state index in [0.29, 0.717) is 0 Å². The van der Waals surface area contributed by atoms with Gasteiger partial charge in [0.25, 0.3) is 0 Å². The predicted octanol–water partition coefficient (Wildman–Crippen LogP) is 2.41. The zero-order valence-electron chi connectivity index (χ0n) is 6.72. The molecule has 4 heteroatoms. The molecule has 0 atom stereocenters. The summed E-state index contributed by atoms with van der Waals surface area (Å²) < 4.78 is 2.48. The van der Waals surface area contributed by atoms with E-state index < -0.39 is 0 Å². The van der Waals surface area contributed by atoms with Gasteiger partial charge in [-0.1, -0.05) is 0 Å². The van der Waals surface area contributed by atoms with Crippen LogP contribution in [0.15, 0.2) is 23.2 Å². The molecule has 0 bridgehead atoms. The molecule has 1 heterocycles. The lowest BCUT2D eigenvalue weighted by atomic mass is 10.2. The van der Waals surface area contributed by atoms with Crippen LogP contribution < -0.4 is 5.32 Å². The van der Waals surface area contributed by atoms with E-state index in [1.165, 1.54) is 12.7 Å². The second-order valence-electron chi connectivity index (χ2n) is 2.67. The van der Waals surface area contributed by atoms with E-state index >= 15 is 0 Å². The normalized spacial score (nSPS) is 16.8. The first kappa shape index (κ1) is 9.85. The minimum Gasteiger partial charge on any atom is -0.281 e. The molecule has 1 aliphatic heterocycles. The van der Waals surface area contributed by atoms with E-state index in [1.807, 2.05) is 6.21 Å². The minimum absolute atomic E-state index is 0.844. The average Bonchev–Trinajstić information content (AvgIpc) is 2.61. The summed E-state index contributed by atoms with van der Waals surface area (Å²) in [5, 5.41) is 3.23. The zero-order chi connectivity index (χ0) is 9.26. The number of rotatable bonds is 1. The van der Waals surface area contributed by atoms with Crippen LogP contribution in [0.4, 0.5) is 0 Å². The first-order chi connectivity index (χ1) is 6.27. The predicted molar refractivity (Wildman–Crippen MR) is 70.7 cm³/mol. The van der Waals surface area contributed by atoms with Gasteiger partial charge >= 0.3 is 0 Å². The van der Waals surface area contributed by atoms with Gasteiger partial charge in [0, 0.05) is 25.5 Å². The summed E-state index contributed by atoms with van der Waals surface area (Å²) in [6.07, 6.45) is 2.88. The highest BCUT2D eigenvalue weighted by Gasteiger charge is 2.16. The summed E-state index contributed by atoms with van der Waals surface area (Å²) in [4.78, 5) is 4.28. The van der Waals surface area contributed by atoms with E-state index in [1.54, 1.807) is 0 Å². The summed E-state index contributed by atoms with van der Waals surface area (Å²) in [7, 11) is 0. The molecule has 0 aromatic heterocycles. The van der Waals surface area contributed by atoms with E-state index in [2.05, 4.69) is 73.7 Å². The van der Waals surface area contributed by atoms with Crippen LogP contribution in [0.2, 0.25) is 0 Å². The van der Waals surface area contributed by atoms with Crippen LogP contribution in [0.3, 0.4) is 0 Å². The SMILES string of the molecule is Ic1ccc(I)c([C]2N=CCN2)c1. The molecular formula is C9H7I2N2. The quantitative estimate of drug-likeness (QED) is 0.724. The van der Waals surface area contributed by atoms with Gasteiger partial charge in [-0.25, -0.2) is 0 Å². The molecule has 2 nitrogen and oxygen atoms in total. The molecule has 1 radical (unpaired) electrons. The zero-order valence-corrected chi connectivity index (χ0v) is 11.0. The Kier molecular flexibility index (Phi) is 3.20. The second-order valence-corrected chi connectivity index (χ2v) is 5.07. The number of hydrogen-bond acceptors (Lipinski definition) is 2. The molecule has 0 fully saturated rings. The highest BCUT2D eigenvalue weighted by molar-refractivity contribution is 14.1. The van der Waals surface area contributed by atoms with E-state index in [9.17, 15) is 0 Å². The Morgan fingerprint density at radius 1 is 1.31 bits per heavy atom. The molecule has 0 unspecified atom stereocenters. The van der Waals surface area contributed by atoms with Crippen LogP contribution in [-0.2, 0) is 0 Å². The van der Waals surface area contributed by atoms with Gasteiger partial charge in [0.05, 0.1) is 0 Å². The molecule has 1 N–H and O–H groups in total. The summed E-state index contributed by atoms with van der Waals surface area (Å²) >= 11 is 4.64. The number of hydrogen-bond donors (Lipinski definition) is 1. The van der Waals surface area contributed by atoms with Crippen LogP contribution in [-0.4, -0.2) is 12.8 Å². The largest absolute Gasteiger partial charge is 0.281 e. The van der Waals surface area contributed by atoms with Gasteiger partial charge in [0.2, 0.25) is 0 Å². The van der Waals surface area contributed by atoms with Crippen molar-refractivity contribution in [3.63, 3.8) is 0 Å². The third kappa shape index (κ3) is 2.21. The van der Waals surface area contributed by atoms with Gasteiger partial charge in [-0.15, -0.1) is 0 Å². The Labute approximate surface area is 104 Å². The molecule has 13 heavy (non-hydrogen) atoms. The topological polar surface area (TPSA) is 24.4 Å². The smallest absolute Gasteiger partial charge is 0.180 e. The molecule has 67 valence electrons. The molecule has 0 saturated carbocycles. The Morgan fingerprint density at radius 3 is 2.85 bits per heavy atom. The fraction of sp³-hybridized carbons (Fsp3) is 0.111. The van der Waals surface area contributed by atoms with Crippen molar-refractivity contribution in [1.82, 2.24) is 5.32 Å². The van der Waals surface area contributed by atoms with Gasteiger partial charge in [0.1, 0.15) is 0 Å². The summed E-state index contributed by atoms with van der Waals surface area (Å²) in [6, 6.07) is 6.36. The fourth-order valence-electron chi connectivity index (χ4n) is 1.17. The molecule has 1 aromatic rings. The van der Waals surface area contributed by atoms with E-state index in [0.717, 1.165) is 12.7 Å². The number of nitrogens with one attached hydrogen (secondary N) is 1. The first-order valence-electron chi connectivity index (χ1n) is 3.86. The maximum Gasteiger partial charge on any atom is 0.180 e. The van der Waals surface area contributed by atoms with Gasteiger partial charge in [-0.2, -0.15) is 0 Å². The van der Waals surface area contributed by atoms with Crippen molar-refractivity contribution in [2.24, 2.45) is 4.99 Å². The number of benzene rings is 1. The summed E-state index contributed by atoms with van der Waals surface area (Å²) in [6.45, 7) is 0.844. The van der Waals surface area contributed by atoms with Crippen LogP contribution >= 0.6 is 45.2 Å². The van der Waals surface area contributed by atoms with Gasteiger partial charge in [0.15, 0.2) is 6.17 Å². The maximum absolute atomic E-state index is 4.28. The molecule has 0 saturated heterocycles. The highest BCUT2D eigenvalue weighted by atomic mass is 127. The van der Waals surface area contributed by atoms with Crippen molar-refractivity contribution in [1.29, 1.82) is 0 Å². The lowest BCUT2D eigenvalue weighted by molar-refractivity contribution is 0.847. The lowest BCUT2D eigenvalue weighted by Crippen LogP contribution is -2.16. The molecule has 0 amide bonds. The Bertz CT molecular complexity index is 349. The van der Waals surface area contributed by atoms with Crippen LogP contribution in [0.25, 0.3) is 0 Å². The van der Waals surface area contributed by atoms with Crippen molar-refractivity contribution >= 4 is 51.4 Å². The summed E-state index contributed by atoms with van der Waals surface area (Å²) in [5.41, 5.74) is 1.20. The third-order valence-corrected chi connectivity index (χ3v) is 3.38. The second kappa shape index (κ2) is 4.22. The molecular weight excluding hydrogens is 390 g/mol. The van der Waals surface area contributed by atoms with Crippen LogP contribution in [0, 0.1) is 13.3 Å². The monoisotopic (exact) mass is 397 g/mol. The minimum atomic E-state index is 0.844. The third-order valence-electron chi connectivity index (χ3n) is 1.76. The highest BCUT2D eigenvalue weighted by Crippen LogP contribution is 2.23. The Hall–Kier alpha value is 0.310. The number of nitrogens with zero attached hydrogens (tertiary/aromatic N) is 1. The van der Waals surface area contributed by atoms with E-state index in [-0.39, 0.29) is 0 Å². The Balaban J connectivity index is 2.37. The average molecular weight is 397 g/mol. The van der Waals surface area contributed by atoms with Gasteiger partial charge in [-0.05, 0) is 63.4 Å². The van der Waals surface area contributed by atoms with Gasteiger partial charge < -0.3 is 0 Å². The lowest BCUT2D eigenvalue weighted by Gasteiger charge is -2.09. The molecule has 1 aromatic carbocycles. The number of halogens is 2. The van der Waals surface area contributed by atoms with Crippen molar-refractivity contribution in [3.05, 3.63) is 37.1 Å². The van der Waals surface area contributed by atoms with Crippen LogP contribution in [0.1, 0.15) is 5.56 Å². The van der Waals surface area contributed by atoms with E-state index in [4.69, 9.17) is 0 Å². The first-order valence-corrected chi connectivity index (χ1v) is 6.02. The Morgan fingerprint density at radius 2 is 2.15 bits per heavy atom. The standard InChI is InChI=1S/C9H7I2N2/c10-6-1-2-8(11)7(5-6)9-12-3-4-13-9/h1-3,5,13H,4H2. The number of aliphatic imine (C=N–C) groups is 1. The van der Waals surface area contributed by atoms with Crippen LogP contribution in [0.5, 0.6) is 0 Å². The van der Waals surface area contributed by atoms with Crippen molar-refractivity contribution in [2.75, 3.05) is 6.54 Å². The maximum atomic E-state index is 4.28. The summed E-state index contributed by atoms with van der Waals surface area (Å²) in [5.74, 6) is 0. The molecule has 2 rings (SSSR count). The van der Waals surface area contributed by atoms with Crippen molar-refractivity contribution in [3.8, 4) is 0 Å². The van der Waals surface area contributed by atoms with Crippen molar-refractivity contribution in [2.45, 2.75) is 0 Å².